The number of benzene rings is 1. The Bertz CT molecular complexity index is 709. The molecule has 1 N–H and O–H groups in total. The van der Waals surface area contributed by atoms with Crippen molar-refractivity contribution >= 4 is 31.5 Å². The van der Waals surface area contributed by atoms with Crippen LogP contribution < -0.4 is 0 Å². The normalized spacial score (nSPS) is 26.1. The zero-order valence-corrected chi connectivity index (χ0v) is 20.0. The average molecular weight is 482 g/mol. The van der Waals surface area contributed by atoms with Crippen LogP contribution in [-0.2, 0) is 30.2 Å². The molecule has 6 nitrogen and oxygen atoms in total. The summed E-state index contributed by atoms with van der Waals surface area (Å²) in [5, 5.41) is 8.12. The van der Waals surface area contributed by atoms with Gasteiger partial charge in [-0.25, -0.2) is 0 Å². The number of hydrogen-bond donors (Lipinski definition) is 1. The molecule has 0 aromatic heterocycles. The number of ether oxygens (including phenoxy) is 3. The maximum atomic E-state index is 11.6. The second-order valence-corrected chi connectivity index (χ2v) is 10.4. The number of esters is 2. The van der Waals surface area contributed by atoms with Gasteiger partial charge in [0.05, 0.1) is 0 Å². The number of carbonyl (C=O) groups is 2. The first kappa shape index (κ1) is 24.6. The van der Waals surface area contributed by atoms with Crippen LogP contribution in [0.15, 0.2) is 30.3 Å². The van der Waals surface area contributed by atoms with E-state index in [1.165, 1.54) is 19.4 Å². The van der Waals surface area contributed by atoms with Gasteiger partial charge >= 0.3 is 186 Å². The number of aryl methyl sites for hydroxylation is 1. The van der Waals surface area contributed by atoms with E-state index >= 15 is 0 Å². The molecule has 1 aromatic carbocycles. The van der Waals surface area contributed by atoms with E-state index in [0.717, 1.165) is 25.7 Å². The topological polar surface area (TPSA) is 85.7 Å². The summed E-state index contributed by atoms with van der Waals surface area (Å²) in [6.45, 7) is 7.03. The molecule has 0 radical (unpaired) electrons. The van der Waals surface area contributed by atoms with Crippen LogP contribution in [0.3, 0.4) is 0 Å². The van der Waals surface area contributed by atoms with Gasteiger partial charge in [-0.2, -0.15) is 0 Å². The molecule has 1 saturated heterocycles. The number of unbranched alkanes of at least 4 members (excludes halogenated alkanes) is 1. The quantitative estimate of drug-likeness (QED) is 0.239. The van der Waals surface area contributed by atoms with E-state index in [1.807, 2.05) is 32.0 Å². The molecule has 0 bridgehead atoms. The molecule has 1 fully saturated rings. The van der Waals surface area contributed by atoms with Gasteiger partial charge < -0.3 is 0 Å². The van der Waals surface area contributed by atoms with Crippen LogP contribution in [0.25, 0.3) is 0 Å². The molecule has 1 aliphatic rings. The summed E-state index contributed by atoms with van der Waals surface area (Å²) < 4.78 is 17.6. The number of nitrogens with one attached hydrogen (secondary N) is 1. The van der Waals surface area contributed by atoms with E-state index in [4.69, 9.17) is 19.6 Å². The minimum absolute atomic E-state index is 0.0564. The monoisotopic (exact) mass is 483 g/mol. The third kappa shape index (κ3) is 7.86. The Hall–Kier alpha value is -1.69. The second kappa shape index (κ2) is 12.2. The number of rotatable bonds is 10. The molecule has 7 heteroatoms. The average Bonchev–Trinajstić information content (AvgIpc) is 2.70. The molecule has 1 aliphatic heterocycles. The summed E-state index contributed by atoms with van der Waals surface area (Å²) in [5.41, 5.74) is 1.32. The van der Waals surface area contributed by atoms with Crippen molar-refractivity contribution in [2.24, 2.45) is 11.8 Å². The van der Waals surface area contributed by atoms with Crippen molar-refractivity contribution in [1.82, 2.24) is 0 Å². The zero-order valence-electron chi connectivity index (χ0n) is 18.3. The fourth-order valence-corrected chi connectivity index (χ4v) is 6.03. The number of hydrogen-bond acceptors (Lipinski definition) is 6. The van der Waals surface area contributed by atoms with E-state index in [-0.39, 0.29) is 62.5 Å². The van der Waals surface area contributed by atoms with E-state index in [2.05, 4.69) is 12.1 Å². The fraction of sp³-hybridized carbons (Fsp3) is 0.609. The molecular weight excluding hydrogens is 449 g/mol. The molecule has 30 heavy (non-hydrogen) atoms. The number of carbonyl (C=O) groups excluding carboxylic acids is 2. The van der Waals surface area contributed by atoms with Crippen LogP contribution in [0.2, 0.25) is 0 Å². The molecule has 166 valence electrons. The summed E-state index contributed by atoms with van der Waals surface area (Å²) in [7, 11) is 0. The Labute approximate surface area is 185 Å². The van der Waals surface area contributed by atoms with E-state index in [9.17, 15) is 9.59 Å². The third-order valence-corrected chi connectivity index (χ3v) is 7.79. The molecular formula is C23H33NO5Se. The first-order chi connectivity index (χ1) is 14.3. The molecule has 1 heterocycles. The summed E-state index contributed by atoms with van der Waals surface area (Å²) >= 11 is -0.254. The summed E-state index contributed by atoms with van der Waals surface area (Å²) in [5.74, 6) is -0.549. The predicted octanol–water partition coefficient (Wildman–Crippen LogP) is 3.57. The van der Waals surface area contributed by atoms with Crippen molar-refractivity contribution in [3.05, 3.63) is 35.9 Å². The van der Waals surface area contributed by atoms with Crippen molar-refractivity contribution in [3.63, 3.8) is 0 Å². The van der Waals surface area contributed by atoms with Gasteiger partial charge in [-0.3, -0.25) is 0 Å². The van der Waals surface area contributed by atoms with Crippen LogP contribution in [0, 0.1) is 17.2 Å². The van der Waals surface area contributed by atoms with Crippen LogP contribution in [0.5, 0.6) is 0 Å². The standard InChI is InChI=1S/C23H33NO5Se/c1-15-16(2)22(28-18(4)26)23(29-20(15)14-27-17(3)25)30-21(24)13-9-8-12-19-10-6-5-7-11-19/h5-7,10-11,15-16,20,22-24H,8-9,12-14H2,1-4H3/t15-,16-,20?,22?,23-/m0/s1. The second-order valence-electron chi connectivity index (χ2n) is 7.87. The predicted molar refractivity (Wildman–Crippen MR) is 117 cm³/mol. The minimum atomic E-state index is -0.379. The Morgan fingerprint density at radius 1 is 1.07 bits per heavy atom. The van der Waals surface area contributed by atoms with E-state index in [0.29, 0.717) is 4.61 Å². The van der Waals surface area contributed by atoms with Gasteiger partial charge in [-0.15, -0.1) is 0 Å². The van der Waals surface area contributed by atoms with Crippen molar-refractivity contribution in [3.8, 4) is 0 Å². The molecule has 0 amide bonds. The Morgan fingerprint density at radius 2 is 1.77 bits per heavy atom. The molecule has 1 aromatic rings. The molecule has 5 atom stereocenters. The first-order valence-electron chi connectivity index (χ1n) is 10.5. The van der Waals surface area contributed by atoms with E-state index < -0.39 is 0 Å². The van der Waals surface area contributed by atoms with E-state index in [1.54, 1.807) is 0 Å². The molecule has 0 spiro atoms. The SMILES string of the molecule is CC(=O)OCC1O[C@@H]([Se]C(=N)CCCCc2ccccc2)C(OC(C)=O)[C@@H](C)[C@@H]1C. The fourth-order valence-electron chi connectivity index (χ4n) is 3.56. The first-order valence-corrected chi connectivity index (χ1v) is 12.4. The Kier molecular flexibility index (Phi) is 10.0. The van der Waals surface area contributed by atoms with Crippen LogP contribution >= 0.6 is 0 Å². The van der Waals surface area contributed by atoms with Gasteiger partial charge in [0.1, 0.15) is 0 Å². The molecule has 2 unspecified atom stereocenters. The van der Waals surface area contributed by atoms with Gasteiger partial charge in [0.2, 0.25) is 0 Å². The van der Waals surface area contributed by atoms with Crippen LogP contribution in [0.1, 0.15) is 52.5 Å². The van der Waals surface area contributed by atoms with Gasteiger partial charge in [0, 0.05) is 0 Å². The summed E-state index contributed by atoms with van der Waals surface area (Å²) in [6.07, 6.45) is 3.07. The molecule has 0 aliphatic carbocycles. The molecule has 0 saturated carbocycles. The summed E-state index contributed by atoms with van der Waals surface area (Å²) in [6, 6.07) is 10.4. The van der Waals surface area contributed by atoms with Gasteiger partial charge in [-0.1, -0.05) is 0 Å². The molecule has 2 rings (SSSR count). The van der Waals surface area contributed by atoms with Gasteiger partial charge in [0.25, 0.3) is 0 Å². The third-order valence-electron chi connectivity index (χ3n) is 5.48. The van der Waals surface area contributed by atoms with Crippen LogP contribution in [0.4, 0.5) is 0 Å². The van der Waals surface area contributed by atoms with Gasteiger partial charge in [-0.05, 0) is 0 Å². The van der Waals surface area contributed by atoms with Crippen molar-refractivity contribution < 1.29 is 23.8 Å². The van der Waals surface area contributed by atoms with Crippen molar-refractivity contribution in [2.45, 2.75) is 70.6 Å². The maximum absolute atomic E-state index is 11.6. The summed E-state index contributed by atoms with van der Waals surface area (Å²) in [4.78, 5) is 22.9. The zero-order chi connectivity index (χ0) is 22.1. The Balaban J connectivity index is 1.91. The van der Waals surface area contributed by atoms with Crippen molar-refractivity contribution in [1.29, 1.82) is 5.41 Å². The Morgan fingerprint density at radius 3 is 2.40 bits per heavy atom. The van der Waals surface area contributed by atoms with Crippen LogP contribution in [-0.4, -0.2) is 55.3 Å². The van der Waals surface area contributed by atoms with Crippen molar-refractivity contribution in [2.75, 3.05) is 6.61 Å². The van der Waals surface area contributed by atoms with Gasteiger partial charge in [0.15, 0.2) is 0 Å².